The molecule has 13 heteroatoms. The second kappa shape index (κ2) is 13.7. The molecule has 0 aromatic rings. The zero-order valence-electron chi connectivity index (χ0n) is 23.9. The van der Waals surface area contributed by atoms with Crippen molar-refractivity contribution in [2.75, 3.05) is 6.54 Å². The maximum absolute atomic E-state index is 11.4. The first-order valence-corrected chi connectivity index (χ1v) is 13.5. The van der Waals surface area contributed by atoms with Crippen LogP contribution in [-0.4, -0.2) is 21.3 Å². The summed E-state index contributed by atoms with van der Waals surface area (Å²) in [4.78, 5) is 31.3. The standard InChI is InChI=1S/C28H35N7O6/c1-27(2)12-19(22(16-29)20(13-27)25(18-31)33(36)37)10-8-6-5-7-9-11-32-24-15-28(3,4)14-21(23(24)17-30)26(34(38)39)35(40)41/h32H,5-15H2,1-4H3/b25-20+. The average molecular weight is 566 g/mol. The SMILES string of the molecule is CC1(C)CC(NCCCCCCCC2=C(C#N)/C(=C(\C#N)[N+](=O)[O-])CC(C)(C)C2)=C(C#N)C(=C([N+](=O)[O-])[N+](=O)[O-])C1. The van der Waals surface area contributed by atoms with Gasteiger partial charge in [-0.1, -0.05) is 52.5 Å². The predicted octanol–water partition coefficient (Wildman–Crippen LogP) is 5.97. The van der Waals surface area contributed by atoms with E-state index in [0.29, 0.717) is 37.9 Å². The number of unbranched alkanes of at least 4 members (excludes halogenated alkanes) is 4. The molecule has 0 amide bonds. The fourth-order valence-corrected chi connectivity index (χ4v) is 5.66. The summed E-state index contributed by atoms with van der Waals surface area (Å²) < 4.78 is 0. The van der Waals surface area contributed by atoms with Gasteiger partial charge in [0.2, 0.25) is 0 Å². The van der Waals surface area contributed by atoms with Crippen LogP contribution in [0.15, 0.2) is 45.1 Å². The van der Waals surface area contributed by atoms with Gasteiger partial charge in [0.1, 0.15) is 21.5 Å². The number of hydrogen-bond acceptors (Lipinski definition) is 10. The molecule has 0 saturated carbocycles. The highest BCUT2D eigenvalue weighted by Gasteiger charge is 2.42. The van der Waals surface area contributed by atoms with Gasteiger partial charge in [-0.25, -0.2) is 0 Å². The highest BCUT2D eigenvalue weighted by Crippen LogP contribution is 2.45. The summed E-state index contributed by atoms with van der Waals surface area (Å²) in [5, 5.41) is 66.0. The summed E-state index contributed by atoms with van der Waals surface area (Å²) in [6.07, 6.45) is 6.18. The van der Waals surface area contributed by atoms with E-state index in [4.69, 9.17) is 0 Å². The first kappa shape index (κ1) is 32.6. The van der Waals surface area contributed by atoms with Gasteiger partial charge in [0, 0.05) is 12.2 Å². The van der Waals surface area contributed by atoms with Gasteiger partial charge in [0.05, 0.1) is 27.7 Å². The average Bonchev–Trinajstić information content (AvgIpc) is 2.84. The molecule has 0 aliphatic heterocycles. The van der Waals surface area contributed by atoms with E-state index in [2.05, 4.69) is 11.4 Å². The molecule has 218 valence electrons. The minimum atomic E-state index is -1.16. The Morgan fingerprint density at radius 2 is 1.29 bits per heavy atom. The minimum Gasteiger partial charge on any atom is -0.387 e. The third-order valence-corrected chi connectivity index (χ3v) is 7.32. The maximum atomic E-state index is 11.4. The van der Waals surface area contributed by atoms with Crippen molar-refractivity contribution in [3.05, 3.63) is 75.4 Å². The van der Waals surface area contributed by atoms with Crippen molar-refractivity contribution < 1.29 is 14.8 Å². The fraction of sp³-hybridized carbons (Fsp3) is 0.607. The normalized spacial score (nSPS) is 19.0. The topological polar surface area (TPSA) is 213 Å². The predicted molar refractivity (Wildman–Crippen MR) is 148 cm³/mol. The summed E-state index contributed by atoms with van der Waals surface area (Å²) in [7, 11) is 0. The monoisotopic (exact) mass is 565 g/mol. The van der Waals surface area contributed by atoms with E-state index in [1.165, 1.54) is 0 Å². The lowest BCUT2D eigenvalue weighted by Gasteiger charge is -2.32. The molecular formula is C28H35N7O6. The molecule has 0 aromatic carbocycles. The number of allylic oxidation sites excluding steroid dienone is 7. The largest absolute Gasteiger partial charge is 0.563 e. The molecule has 0 aromatic heterocycles. The summed E-state index contributed by atoms with van der Waals surface area (Å²) >= 11 is 0. The minimum absolute atomic E-state index is 0.0326. The number of nitro groups is 3. The zero-order chi connectivity index (χ0) is 31.0. The van der Waals surface area contributed by atoms with Gasteiger partial charge in [-0.15, -0.1) is 0 Å². The van der Waals surface area contributed by atoms with Crippen LogP contribution in [0.5, 0.6) is 0 Å². The molecule has 0 fully saturated rings. The van der Waals surface area contributed by atoms with Crippen molar-refractivity contribution in [1.29, 1.82) is 15.8 Å². The molecule has 13 nitrogen and oxygen atoms in total. The van der Waals surface area contributed by atoms with Crippen LogP contribution in [0.2, 0.25) is 0 Å². The molecule has 0 bridgehead atoms. The highest BCUT2D eigenvalue weighted by atomic mass is 16.7. The number of hydrogen-bond donors (Lipinski definition) is 1. The second-order valence-electron chi connectivity index (χ2n) is 12.0. The molecule has 0 radical (unpaired) electrons. The quantitative estimate of drug-likeness (QED) is 0.126. The van der Waals surface area contributed by atoms with Crippen LogP contribution < -0.4 is 5.32 Å². The molecule has 0 spiro atoms. The molecule has 2 aliphatic rings. The van der Waals surface area contributed by atoms with E-state index in [1.54, 1.807) is 6.07 Å². The zero-order valence-corrected chi connectivity index (χ0v) is 23.9. The van der Waals surface area contributed by atoms with Crippen LogP contribution in [-0.2, 0) is 0 Å². The van der Waals surface area contributed by atoms with Crippen molar-refractivity contribution in [2.24, 2.45) is 10.8 Å². The van der Waals surface area contributed by atoms with Gasteiger partial charge in [-0.05, 0) is 55.8 Å². The summed E-state index contributed by atoms with van der Waals surface area (Å²) in [5.74, 6) is -1.16. The molecule has 2 aliphatic carbocycles. The molecule has 2 rings (SSSR count). The van der Waals surface area contributed by atoms with Crippen molar-refractivity contribution in [3.63, 3.8) is 0 Å². The fourth-order valence-electron chi connectivity index (χ4n) is 5.66. The van der Waals surface area contributed by atoms with Crippen molar-refractivity contribution in [3.8, 4) is 18.2 Å². The third-order valence-electron chi connectivity index (χ3n) is 7.32. The third kappa shape index (κ3) is 8.46. The second-order valence-corrected chi connectivity index (χ2v) is 12.0. The van der Waals surface area contributed by atoms with Gasteiger partial charge in [-0.2, -0.15) is 15.8 Å². The summed E-state index contributed by atoms with van der Waals surface area (Å²) in [6.45, 7) is 8.13. The Balaban J connectivity index is 2.00. The molecule has 0 unspecified atom stereocenters. The number of nitrogens with zero attached hydrogens (tertiary/aromatic N) is 6. The molecular weight excluding hydrogens is 530 g/mol. The molecule has 41 heavy (non-hydrogen) atoms. The lowest BCUT2D eigenvalue weighted by atomic mass is 9.70. The van der Waals surface area contributed by atoms with Crippen LogP contribution in [0.4, 0.5) is 0 Å². The smallest absolute Gasteiger partial charge is 0.387 e. The first-order valence-electron chi connectivity index (χ1n) is 13.5. The van der Waals surface area contributed by atoms with Crippen LogP contribution in [0.1, 0.15) is 91.9 Å². The van der Waals surface area contributed by atoms with Crippen LogP contribution in [0, 0.1) is 75.2 Å². The molecule has 0 atom stereocenters. The Labute approximate surface area is 239 Å². The summed E-state index contributed by atoms with van der Waals surface area (Å²) in [5.41, 5.74) is 0.263. The van der Waals surface area contributed by atoms with Crippen LogP contribution >= 0.6 is 0 Å². The Morgan fingerprint density at radius 1 is 0.756 bits per heavy atom. The first-order chi connectivity index (χ1) is 19.2. The Bertz CT molecular complexity index is 1350. The molecule has 0 saturated heterocycles. The van der Waals surface area contributed by atoms with E-state index >= 15 is 0 Å². The Morgan fingerprint density at radius 3 is 1.83 bits per heavy atom. The van der Waals surface area contributed by atoms with Gasteiger partial charge in [-0.3, -0.25) is 30.3 Å². The molecule has 0 heterocycles. The van der Waals surface area contributed by atoms with Gasteiger partial charge < -0.3 is 5.32 Å². The van der Waals surface area contributed by atoms with Crippen LogP contribution in [0.25, 0.3) is 0 Å². The maximum Gasteiger partial charge on any atom is 0.563 e. The van der Waals surface area contributed by atoms with Crippen molar-refractivity contribution >= 4 is 0 Å². The van der Waals surface area contributed by atoms with E-state index in [-0.39, 0.29) is 34.1 Å². The number of nitriles is 3. The van der Waals surface area contributed by atoms with Crippen molar-refractivity contribution in [2.45, 2.75) is 91.9 Å². The summed E-state index contributed by atoms with van der Waals surface area (Å²) in [6, 6.07) is 5.68. The van der Waals surface area contributed by atoms with Gasteiger partial charge >= 0.3 is 11.5 Å². The van der Waals surface area contributed by atoms with E-state index in [1.807, 2.05) is 33.8 Å². The van der Waals surface area contributed by atoms with E-state index in [9.17, 15) is 46.1 Å². The van der Waals surface area contributed by atoms with E-state index in [0.717, 1.165) is 37.7 Å². The molecule has 1 N–H and O–H groups in total. The number of rotatable bonds is 12. The Hall–Kier alpha value is -4.57. The lowest BCUT2D eigenvalue weighted by Crippen LogP contribution is -2.30. The highest BCUT2D eigenvalue weighted by molar-refractivity contribution is 5.52. The Kier molecular flexibility index (Phi) is 10.9. The lowest BCUT2D eigenvalue weighted by molar-refractivity contribution is -0.617. The van der Waals surface area contributed by atoms with Gasteiger partial charge in [0.15, 0.2) is 6.07 Å². The van der Waals surface area contributed by atoms with E-state index < -0.39 is 31.7 Å². The van der Waals surface area contributed by atoms with Gasteiger partial charge in [0.25, 0.3) is 0 Å². The van der Waals surface area contributed by atoms with Crippen LogP contribution in [0.3, 0.4) is 0 Å². The van der Waals surface area contributed by atoms with Crippen molar-refractivity contribution in [1.82, 2.24) is 5.32 Å². The number of nitrogens with one attached hydrogen (secondary N) is 1.